The van der Waals surface area contributed by atoms with Gasteiger partial charge in [-0.15, -0.1) is 0 Å². The number of imide groups is 1. The lowest BCUT2D eigenvalue weighted by Gasteiger charge is -2.17. The Morgan fingerprint density at radius 2 is 1.58 bits per heavy atom. The highest BCUT2D eigenvalue weighted by molar-refractivity contribution is 7.92. The van der Waals surface area contributed by atoms with Gasteiger partial charge in [-0.1, -0.05) is 30.3 Å². The Labute approximate surface area is 191 Å². The van der Waals surface area contributed by atoms with Crippen molar-refractivity contribution in [3.63, 3.8) is 0 Å². The number of carbonyl (C=O) groups is 2. The van der Waals surface area contributed by atoms with Crippen LogP contribution in [0.2, 0.25) is 0 Å². The van der Waals surface area contributed by atoms with E-state index in [0.29, 0.717) is 18.0 Å². The van der Waals surface area contributed by atoms with Crippen molar-refractivity contribution < 1.29 is 27.5 Å². The number of ether oxygens (including phenoxy) is 2. The van der Waals surface area contributed by atoms with Gasteiger partial charge in [-0.05, 0) is 48.0 Å². The van der Waals surface area contributed by atoms with E-state index in [0.717, 1.165) is 10.5 Å². The fourth-order valence-corrected chi connectivity index (χ4v) is 4.70. The average molecular weight is 467 g/mol. The summed E-state index contributed by atoms with van der Waals surface area (Å²) in [5, 5.41) is 0. The fraction of sp³-hybridized carbons (Fsp3) is 0.167. The number of rotatable bonds is 8. The van der Waals surface area contributed by atoms with Gasteiger partial charge in [0.2, 0.25) is 11.8 Å². The number of hydrogen-bond acceptors (Lipinski definition) is 6. The first-order valence-electron chi connectivity index (χ1n) is 10.2. The fourth-order valence-electron chi connectivity index (χ4n) is 3.45. The Kier molecular flexibility index (Phi) is 6.32. The van der Waals surface area contributed by atoms with E-state index in [1.807, 2.05) is 30.3 Å². The molecule has 0 bridgehead atoms. The van der Waals surface area contributed by atoms with E-state index in [-0.39, 0.29) is 41.0 Å². The molecule has 0 aromatic heterocycles. The molecule has 3 aromatic rings. The monoisotopic (exact) mass is 466 g/mol. The van der Waals surface area contributed by atoms with Gasteiger partial charge in [0.25, 0.3) is 10.0 Å². The molecular weight excluding hydrogens is 444 g/mol. The van der Waals surface area contributed by atoms with E-state index in [1.54, 1.807) is 24.3 Å². The van der Waals surface area contributed by atoms with Gasteiger partial charge in [-0.3, -0.25) is 19.2 Å². The minimum atomic E-state index is -4.08. The SMILES string of the molecule is COc1ccc(N2C(=O)CCC2=O)cc1S(=O)(=O)Nc1ccc(OCc2ccccc2)cc1. The summed E-state index contributed by atoms with van der Waals surface area (Å²) >= 11 is 0. The van der Waals surface area contributed by atoms with Gasteiger partial charge >= 0.3 is 0 Å². The second kappa shape index (κ2) is 9.33. The van der Waals surface area contributed by atoms with Crippen LogP contribution in [-0.2, 0) is 26.2 Å². The summed E-state index contributed by atoms with van der Waals surface area (Å²) in [7, 11) is -2.73. The molecule has 170 valence electrons. The minimum absolute atomic E-state index is 0.0909. The van der Waals surface area contributed by atoms with Crippen LogP contribution < -0.4 is 19.1 Å². The maximum Gasteiger partial charge on any atom is 0.265 e. The van der Waals surface area contributed by atoms with E-state index < -0.39 is 10.0 Å². The zero-order valence-corrected chi connectivity index (χ0v) is 18.7. The molecule has 0 atom stereocenters. The van der Waals surface area contributed by atoms with Gasteiger partial charge in [0.05, 0.1) is 12.8 Å². The van der Waals surface area contributed by atoms with E-state index >= 15 is 0 Å². The van der Waals surface area contributed by atoms with Crippen LogP contribution in [0.3, 0.4) is 0 Å². The molecule has 33 heavy (non-hydrogen) atoms. The maximum absolute atomic E-state index is 13.1. The molecule has 0 radical (unpaired) electrons. The number of amides is 2. The summed E-state index contributed by atoms with van der Waals surface area (Å²) in [5.41, 5.74) is 1.53. The molecular formula is C24H22N2O6S. The van der Waals surface area contributed by atoms with Gasteiger partial charge in [0.1, 0.15) is 23.0 Å². The van der Waals surface area contributed by atoms with Crippen LogP contribution in [-0.4, -0.2) is 27.3 Å². The number of sulfonamides is 1. The molecule has 9 heteroatoms. The summed E-state index contributed by atoms with van der Waals surface area (Å²) in [4.78, 5) is 24.9. The molecule has 1 N–H and O–H groups in total. The average Bonchev–Trinajstić information content (AvgIpc) is 3.16. The highest BCUT2D eigenvalue weighted by atomic mass is 32.2. The molecule has 2 amide bonds. The Morgan fingerprint density at radius 1 is 0.909 bits per heavy atom. The maximum atomic E-state index is 13.1. The minimum Gasteiger partial charge on any atom is -0.495 e. The van der Waals surface area contributed by atoms with E-state index in [1.165, 1.54) is 25.3 Å². The van der Waals surface area contributed by atoms with Gasteiger partial charge in [0.15, 0.2) is 0 Å². The quantitative estimate of drug-likeness (QED) is 0.508. The lowest BCUT2D eigenvalue weighted by Crippen LogP contribution is -2.28. The summed E-state index contributed by atoms with van der Waals surface area (Å²) < 4.78 is 39.6. The van der Waals surface area contributed by atoms with Crippen molar-refractivity contribution in [2.75, 3.05) is 16.7 Å². The summed E-state index contributed by atoms with van der Waals surface area (Å²) in [6.45, 7) is 0.393. The van der Waals surface area contributed by atoms with Crippen molar-refractivity contribution in [2.45, 2.75) is 24.3 Å². The number of benzene rings is 3. The van der Waals surface area contributed by atoms with Crippen LogP contribution in [0.15, 0.2) is 77.7 Å². The number of hydrogen-bond donors (Lipinski definition) is 1. The number of nitrogens with one attached hydrogen (secondary N) is 1. The van der Waals surface area contributed by atoms with E-state index in [4.69, 9.17) is 9.47 Å². The Morgan fingerprint density at radius 3 is 2.21 bits per heavy atom. The van der Waals surface area contributed by atoms with Crippen LogP contribution in [0, 0.1) is 0 Å². The molecule has 3 aromatic carbocycles. The molecule has 1 heterocycles. The van der Waals surface area contributed by atoms with Crippen molar-refractivity contribution in [2.24, 2.45) is 0 Å². The number of nitrogens with zero attached hydrogens (tertiary/aromatic N) is 1. The Balaban J connectivity index is 1.52. The van der Waals surface area contributed by atoms with E-state index in [9.17, 15) is 18.0 Å². The number of anilines is 2. The van der Waals surface area contributed by atoms with Crippen LogP contribution in [0.4, 0.5) is 11.4 Å². The van der Waals surface area contributed by atoms with Crippen LogP contribution in [0.25, 0.3) is 0 Å². The second-order valence-corrected chi connectivity index (χ2v) is 9.01. The first kappa shape index (κ1) is 22.3. The molecule has 0 saturated carbocycles. The third kappa shape index (κ3) is 4.98. The zero-order chi connectivity index (χ0) is 23.4. The first-order valence-corrected chi connectivity index (χ1v) is 11.7. The van der Waals surface area contributed by atoms with Crippen LogP contribution >= 0.6 is 0 Å². The third-order valence-corrected chi connectivity index (χ3v) is 6.50. The predicted molar refractivity (Wildman–Crippen MR) is 123 cm³/mol. The summed E-state index contributed by atoms with van der Waals surface area (Å²) in [6.07, 6.45) is 0.202. The number of carbonyl (C=O) groups excluding carboxylic acids is 2. The van der Waals surface area contributed by atoms with Crippen molar-refractivity contribution in [3.05, 3.63) is 78.4 Å². The zero-order valence-electron chi connectivity index (χ0n) is 17.9. The lowest BCUT2D eigenvalue weighted by atomic mass is 10.2. The second-order valence-electron chi connectivity index (χ2n) is 7.36. The highest BCUT2D eigenvalue weighted by Gasteiger charge is 2.32. The predicted octanol–water partition coefficient (Wildman–Crippen LogP) is 3.73. The first-order chi connectivity index (χ1) is 15.9. The topological polar surface area (TPSA) is 102 Å². The molecule has 1 fully saturated rings. The molecule has 0 spiro atoms. The van der Waals surface area contributed by atoms with Gasteiger partial charge in [-0.25, -0.2) is 8.42 Å². The molecule has 1 saturated heterocycles. The van der Waals surface area contributed by atoms with Crippen molar-refractivity contribution >= 4 is 33.2 Å². The van der Waals surface area contributed by atoms with Gasteiger partial charge in [0, 0.05) is 18.5 Å². The van der Waals surface area contributed by atoms with Crippen molar-refractivity contribution in [1.82, 2.24) is 0 Å². The normalized spacial score (nSPS) is 13.8. The van der Waals surface area contributed by atoms with Crippen LogP contribution in [0.1, 0.15) is 18.4 Å². The third-order valence-electron chi connectivity index (χ3n) is 5.10. The Bertz CT molecular complexity index is 1260. The molecule has 1 aliphatic heterocycles. The molecule has 8 nitrogen and oxygen atoms in total. The largest absolute Gasteiger partial charge is 0.495 e. The summed E-state index contributed by atoms with van der Waals surface area (Å²) in [6, 6.07) is 20.3. The van der Waals surface area contributed by atoms with Crippen molar-refractivity contribution in [1.29, 1.82) is 0 Å². The molecule has 1 aliphatic rings. The smallest absolute Gasteiger partial charge is 0.265 e. The van der Waals surface area contributed by atoms with Gasteiger partial charge in [-0.2, -0.15) is 0 Å². The summed E-state index contributed by atoms with van der Waals surface area (Å²) in [5.74, 6) is -0.0549. The highest BCUT2D eigenvalue weighted by Crippen LogP contribution is 2.32. The standard InChI is InChI=1S/C24H22N2O6S/c1-31-21-12-9-19(26-23(27)13-14-24(26)28)15-22(21)33(29,30)25-18-7-10-20(11-8-18)32-16-17-5-3-2-4-6-17/h2-12,15,25H,13-14,16H2,1H3. The molecule has 0 aliphatic carbocycles. The number of methoxy groups -OCH3 is 1. The molecule has 0 unspecified atom stereocenters. The van der Waals surface area contributed by atoms with Crippen LogP contribution in [0.5, 0.6) is 11.5 Å². The Hall–Kier alpha value is -3.85. The van der Waals surface area contributed by atoms with E-state index in [2.05, 4.69) is 4.72 Å². The van der Waals surface area contributed by atoms with Gasteiger partial charge < -0.3 is 9.47 Å². The lowest BCUT2D eigenvalue weighted by molar-refractivity contribution is -0.121. The van der Waals surface area contributed by atoms with Crippen molar-refractivity contribution in [3.8, 4) is 11.5 Å². The molecule has 4 rings (SSSR count).